The Morgan fingerprint density at radius 3 is 2.65 bits per heavy atom. The third kappa shape index (κ3) is 3.13. The van der Waals surface area contributed by atoms with Gasteiger partial charge in [-0.1, -0.05) is 12.1 Å². The van der Waals surface area contributed by atoms with E-state index in [1.807, 2.05) is 0 Å². The number of benzene rings is 1. The summed E-state index contributed by atoms with van der Waals surface area (Å²) in [6.45, 7) is 0. The van der Waals surface area contributed by atoms with E-state index in [-0.39, 0.29) is 23.3 Å². The van der Waals surface area contributed by atoms with E-state index in [2.05, 4.69) is 0 Å². The average molecular weight is 245 g/mol. The first kappa shape index (κ1) is 13.4. The second-order valence-corrected chi connectivity index (χ2v) is 3.48. The lowest BCUT2D eigenvalue weighted by atomic mass is 9.99. The van der Waals surface area contributed by atoms with Crippen molar-refractivity contribution in [2.45, 2.75) is 18.9 Å². The van der Waals surface area contributed by atoms with Gasteiger partial charge in [-0.25, -0.2) is 8.78 Å². The fourth-order valence-corrected chi connectivity index (χ4v) is 1.50. The Hall–Kier alpha value is -1.69. The molecule has 0 aliphatic carbocycles. The van der Waals surface area contributed by atoms with Gasteiger partial charge in [-0.2, -0.15) is 0 Å². The van der Waals surface area contributed by atoms with Gasteiger partial charge in [0.15, 0.2) is 0 Å². The summed E-state index contributed by atoms with van der Waals surface area (Å²) in [5, 5.41) is 8.68. The second kappa shape index (κ2) is 5.58. The molecule has 17 heavy (non-hydrogen) atoms. The van der Waals surface area contributed by atoms with Crippen molar-refractivity contribution >= 4 is 5.97 Å². The van der Waals surface area contributed by atoms with E-state index in [9.17, 15) is 13.6 Å². The third-order valence-corrected chi connectivity index (χ3v) is 2.37. The number of rotatable bonds is 5. The van der Waals surface area contributed by atoms with Crippen molar-refractivity contribution in [1.29, 1.82) is 0 Å². The Morgan fingerprint density at radius 2 is 2.18 bits per heavy atom. The van der Waals surface area contributed by atoms with Gasteiger partial charge in [0.2, 0.25) is 0 Å². The minimum Gasteiger partial charge on any atom is -0.496 e. The molecule has 1 aromatic carbocycles. The van der Waals surface area contributed by atoms with Gasteiger partial charge < -0.3 is 15.6 Å². The quantitative estimate of drug-likeness (QED) is 0.826. The predicted molar refractivity (Wildman–Crippen MR) is 57.3 cm³/mol. The molecule has 0 radical (unpaired) electrons. The number of hydrogen-bond donors (Lipinski definition) is 2. The van der Waals surface area contributed by atoms with Crippen molar-refractivity contribution in [2.75, 3.05) is 7.11 Å². The topological polar surface area (TPSA) is 72.5 Å². The summed E-state index contributed by atoms with van der Waals surface area (Å²) in [6, 6.07) is 2.92. The minimum absolute atomic E-state index is 0.139. The van der Waals surface area contributed by atoms with E-state index >= 15 is 0 Å². The molecule has 0 saturated heterocycles. The van der Waals surface area contributed by atoms with Gasteiger partial charge in [0.25, 0.3) is 6.43 Å². The smallest absolute Gasteiger partial charge is 0.320 e. The summed E-state index contributed by atoms with van der Waals surface area (Å²) in [4.78, 5) is 10.6. The van der Waals surface area contributed by atoms with Crippen LogP contribution in [0.3, 0.4) is 0 Å². The zero-order valence-corrected chi connectivity index (χ0v) is 9.19. The molecule has 0 fully saturated rings. The van der Waals surface area contributed by atoms with Gasteiger partial charge in [-0.15, -0.1) is 0 Å². The van der Waals surface area contributed by atoms with E-state index in [4.69, 9.17) is 15.6 Å². The molecule has 3 N–H and O–H groups in total. The van der Waals surface area contributed by atoms with E-state index < -0.39 is 18.4 Å². The molecule has 0 saturated carbocycles. The van der Waals surface area contributed by atoms with E-state index in [0.717, 1.165) is 0 Å². The van der Waals surface area contributed by atoms with Crippen LogP contribution in [-0.2, 0) is 11.2 Å². The normalized spacial score (nSPS) is 12.5. The summed E-state index contributed by atoms with van der Waals surface area (Å²) in [5.74, 6) is -1.02. The molecule has 0 heterocycles. The molecule has 1 rings (SSSR count). The van der Waals surface area contributed by atoms with Crippen LogP contribution in [0.1, 0.15) is 17.6 Å². The molecule has 1 aromatic rings. The first-order chi connectivity index (χ1) is 7.97. The maximum atomic E-state index is 12.8. The predicted octanol–water partition coefficient (Wildman–Crippen LogP) is 1.59. The van der Waals surface area contributed by atoms with Crippen LogP contribution in [0.2, 0.25) is 0 Å². The Kier molecular flexibility index (Phi) is 4.39. The molecule has 0 aliphatic rings. The van der Waals surface area contributed by atoms with Crippen LogP contribution < -0.4 is 10.5 Å². The Morgan fingerprint density at radius 1 is 1.53 bits per heavy atom. The number of methoxy groups -OCH3 is 1. The highest BCUT2D eigenvalue weighted by atomic mass is 19.3. The van der Waals surface area contributed by atoms with Crippen LogP contribution in [0.25, 0.3) is 0 Å². The number of aliphatic carboxylic acids is 1. The SMILES string of the molecule is COc1cccc(C(F)F)c1CC(N)C(=O)O. The Labute approximate surface area is 97.0 Å². The fourth-order valence-electron chi connectivity index (χ4n) is 1.50. The highest BCUT2D eigenvalue weighted by Crippen LogP contribution is 2.30. The highest BCUT2D eigenvalue weighted by Gasteiger charge is 2.21. The van der Waals surface area contributed by atoms with Crippen LogP contribution in [0.4, 0.5) is 8.78 Å². The Bertz CT molecular complexity index is 410. The van der Waals surface area contributed by atoms with E-state index in [1.54, 1.807) is 0 Å². The average Bonchev–Trinajstić information content (AvgIpc) is 2.28. The van der Waals surface area contributed by atoms with Gasteiger partial charge in [0.1, 0.15) is 11.8 Å². The second-order valence-electron chi connectivity index (χ2n) is 3.48. The number of carbonyl (C=O) groups is 1. The molecule has 0 spiro atoms. The summed E-state index contributed by atoms with van der Waals surface area (Å²) in [6.07, 6.45) is -2.89. The monoisotopic (exact) mass is 245 g/mol. The fraction of sp³-hybridized carbons (Fsp3) is 0.364. The number of ether oxygens (including phenoxy) is 1. The number of nitrogens with two attached hydrogens (primary N) is 1. The van der Waals surface area contributed by atoms with Crippen LogP contribution in [-0.4, -0.2) is 24.2 Å². The third-order valence-electron chi connectivity index (χ3n) is 2.37. The highest BCUT2D eigenvalue weighted by molar-refractivity contribution is 5.73. The van der Waals surface area contributed by atoms with Gasteiger partial charge in [-0.05, 0) is 6.07 Å². The minimum atomic E-state index is -2.69. The van der Waals surface area contributed by atoms with E-state index in [1.165, 1.54) is 25.3 Å². The molecule has 94 valence electrons. The van der Waals surface area contributed by atoms with Gasteiger partial charge in [-0.3, -0.25) is 4.79 Å². The number of alkyl halides is 2. The standard InChI is InChI=1S/C11H13F2NO3/c1-17-9-4-2-3-6(10(12)13)7(9)5-8(14)11(15)16/h2-4,8,10H,5,14H2,1H3,(H,15,16). The summed E-state index contributed by atoms with van der Waals surface area (Å²) < 4.78 is 30.4. The number of halogens is 2. The molecule has 1 atom stereocenters. The largest absolute Gasteiger partial charge is 0.496 e. The van der Waals surface area contributed by atoms with E-state index in [0.29, 0.717) is 0 Å². The van der Waals surface area contributed by atoms with Crippen LogP contribution in [0.5, 0.6) is 5.75 Å². The first-order valence-electron chi connectivity index (χ1n) is 4.89. The van der Waals surface area contributed by atoms with Crippen molar-refractivity contribution in [3.63, 3.8) is 0 Å². The lowest BCUT2D eigenvalue weighted by Gasteiger charge is -2.15. The molecule has 0 amide bonds. The molecule has 0 aromatic heterocycles. The van der Waals surface area contributed by atoms with Crippen molar-refractivity contribution in [3.05, 3.63) is 29.3 Å². The molecular formula is C11H13F2NO3. The number of hydrogen-bond acceptors (Lipinski definition) is 3. The zero-order valence-electron chi connectivity index (χ0n) is 9.19. The summed E-state index contributed by atoms with van der Waals surface area (Å²) in [5.41, 5.74) is 5.23. The van der Waals surface area contributed by atoms with Crippen molar-refractivity contribution in [1.82, 2.24) is 0 Å². The summed E-state index contributed by atoms with van der Waals surface area (Å²) >= 11 is 0. The van der Waals surface area contributed by atoms with Crippen LogP contribution in [0.15, 0.2) is 18.2 Å². The lowest BCUT2D eigenvalue weighted by molar-refractivity contribution is -0.138. The molecular weight excluding hydrogens is 232 g/mol. The van der Waals surface area contributed by atoms with Gasteiger partial charge >= 0.3 is 5.97 Å². The number of carboxylic acids is 1. The van der Waals surface area contributed by atoms with Gasteiger partial charge in [0, 0.05) is 17.5 Å². The molecule has 0 aliphatic heterocycles. The zero-order chi connectivity index (χ0) is 13.0. The number of carboxylic acid groups (broad SMARTS) is 1. The maximum Gasteiger partial charge on any atom is 0.320 e. The van der Waals surface area contributed by atoms with Crippen molar-refractivity contribution in [3.8, 4) is 5.75 Å². The van der Waals surface area contributed by atoms with Crippen molar-refractivity contribution < 1.29 is 23.4 Å². The molecule has 4 nitrogen and oxygen atoms in total. The molecule has 6 heteroatoms. The van der Waals surface area contributed by atoms with Crippen LogP contribution >= 0.6 is 0 Å². The lowest BCUT2D eigenvalue weighted by Crippen LogP contribution is -2.32. The van der Waals surface area contributed by atoms with Crippen molar-refractivity contribution in [2.24, 2.45) is 5.73 Å². The van der Waals surface area contributed by atoms with Gasteiger partial charge in [0.05, 0.1) is 7.11 Å². The molecule has 0 bridgehead atoms. The maximum absolute atomic E-state index is 12.8. The Balaban J connectivity index is 3.13. The first-order valence-corrected chi connectivity index (χ1v) is 4.89. The van der Waals surface area contributed by atoms with Crippen LogP contribution in [0, 0.1) is 0 Å². The molecule has 1 unspecified atom stereocenters. The summed E-state index contributed by atoms with van der Waals surface area (Å²) in [7, 11) is 1.33.